The maximum absolute atomic E-state index is 11.9. The van der Waals surface area contributed by atoms with E-state index in [1.54, 1.807) is 0 Å². The Morgan fingerprint density at radius 3 is 2.48 bits per heavy atom. The third-order valence-corrected chi connectivity index (χ3v) is 4.76. The zero-order chi connectivity index (χ0) is 20.9. The molecular formula is C23H28N2O4. The van der Waals surface area contributed by atoms with E-state index >= 15 is 0 Å². The highest BCUT2D eigenvalue weighted by Gasteiger charge is 2.15. The summed E-state index contributed by atoms with van der Waals surface area (Å²) in [7, 11) is 0. The smallest absolute Gasteiger partial charge is 0.258 e. The number of carbonyl (C=O) groups is 2. The van der Waals surface area contributed by atoms with Crippen molar-refractivity contribution in [3.63, 3.8) is 0 Å². The fourth-order valence-corrected chi connectivity index (χ4v) is 3.06. The average Bonchev–Trinajstić information content (AvgIpc) is 2.69. The van der Waals surface area contributed by atoms with E-state index in [-0.39, 0.29) is 23.8 Å². The molecule has 6 nitrogen and oxygen atoms in total. The number of rotatable bonds is 7. The molecule has 0 spiro atoms. The highest BCUT2D eigenvalue weighted by Crippen LogP contribution is 2.27. The van der Waals surface area contributed by atoms with E-state index in [0.717, 1.165) is 17.0 Å². The Morgan fingerprint density at radius 2 is 1.76 bits per heavy atom. The van der Waals surface area contributed by atoms with Crippen molar-refractivity contribution in [1.82, 2.24) is 5.32 Å². The van der Waals surface area contributed by atoms with Crippen LogP contribution < -0.4 is 20.1 Å². The molecule has 2 aromatic carbocycles. The van der Waals surface area contributed by atoms with Crippen molar-refractivity contribution < 1.29 is 19.1 Å². The molecule has 0 atom stereocenters. The first-order chi connectivity index (χ1) is 13.8. The lowest BCUT2D eigenvalue weighted by molar-refractivity contribution is -0.123. The lowest BCUT2D eigenvalue weighted by atomic mass is 9.87. The van der Waals surface area contributed by atoms with Crippen LogP contribution in [0.1, 0.15) is 38.3 Å². The monoisotopic (exact) mass is 396 g/mol. The number of hydrogen-bond donors (Lipinski definition) is 2. The third kappa shape index (κ3) is 5.98. The van der Waals surface area contributed by atoms with Crippen molar-refractivity contribution in [1.29, 1.82) is 0 Å². The Labute approximate surface area is 171 Å². The number of aryl methyl sites for hydroxylation is 1. The Balaban J connectivity index is 1.36. The fraction of sp³-hybridized carbons (Fsp3) is 0.391. The van der Waals surface area contributed by atoms with Crippen molar-refractivity contribution in [3.05, 3.63) is 53.6 Å². The summed E-state index contributed by atoms with van der Waals surface area (Å²) in [6.45, 7) is 7.17. The molecule has 29 heavy (non-hydrogen) atoms. The largest absolute Gasteiger partial charge is 0.492 e. The predicted octanol–water partition coefficient (Wildman–Crippen LogP) is 3.44. The summed E-state index contributed by atoms with van der Waals surface area (Å²) in [6, 6.07) is 13.4. The number of ether oxygens (including phenoxy) is 2. The van der Waals surface area contributed by atoms with Crippen molar-refractivity contribution in [3.8, 4) is 11.5 Å². The van der Waals surface area contributed by atoms with E-state index in [2.05, 4.69) is 31.4 Å². The predicted molar refractivity (Wildman–Crippen MR) is 113 cm³/mol. The maximum Gasteiger partial charge on any atom is 0.258 e. The van der Waals surface area contributed by atoms with Gasteiger partial charge in [-0.15, -0.1) is 0 Å². The van der Waals surface area contributed by atoms with Crippen LogP contribution in [0, 0.1) is 0 Å². The topological polar surface area (TPSA) is 76.7 Å². The molecule has 154 valence electrons. The molecular weight excluding hydrogens is 368 g/mol. The number of fused-ring (bicyclic) bond motifs is 1. The number of benzene rings is 2. The summed E-state index contributed by atoms with van der Waals surface area (Å²) in [5, 5.41) is 5.62. The number of nitrogens with one attached hydrogen (secondary N) is 2. The molecule has 2 aromatic rings. The number of hydrogen-bond acceptors (Lipinski definition) is 4. The first-order valence-corrected chi connectivity index (χ1v) is 9.87. The Kier molecular flexibility index (Phi) is 6.42. The van der Waals surface area contributed by atoms with Crippen LogP contribution in [0.4, 0.5) is 5.69 Å². The molecule has 1 heterocycles. The second-order valence-electron chi connectivity index (χ2n) is 8.13. The van der Waals surface area contributed by atoms with Gasteiger partial charge in [-0.05, 0) is 53.3 Å². The van der Waals surface area contributed by atoms with E-state index < -0.39 is 0 Å². The van der Waals surface area contributed by atoms with Crippen molar-refractivity contribution in [2.45, 2.75) is 39.0 Å². The molecule has 2 N–H and O–H groups in total. The van der Waals surface area contributed by atoms with Gasteiger partial charge in [0, 0.05) is 12.1 Å². The van der Waals surface area contributed by atoms with E-state index in [1.807, 2.05) is 42.5 Å². The number of amides is 2. The summed E-state index contributed by atoms with van der Waals surface area (Å²) in [5.41, 5.74) is 3.21. The molecule has 6 heteroatoms. The zero-order valence-electron chi connectivity index (χ0n) is 17.2. The van der Waals surface area contributed by atoms with Gasteiger partial charge in [0.25, 0.3) is 5.91 Å². The van der Waals surface area contributed by atoms with Gasteiger partial charge in [-0.25, -0.2) is 0 Å². The molecule has 0 radical (unpaired) electrons. The lowest BCUT2D eigenvalue weighted by Gasteiger charge is -2.19. The number of anilines is 1. The molecule has 2 amide bonds. The minimum absolute atomic E-state index is 0.0343. The van der Waals surface area contributed by atoms with Crippen LogP contribution in [0.3, 0.4) is 0 Å². The van der Waals surface area contributed by atoms with Gasteiger partial charge < -0.3 is 20.1 Å². The summed E-state index contributed by atoms with van der Waals surface area (Å²) >= 11 is 0. The average molecular weight is 396 g/mol. The Bertz CT molecular complexity index is 869. The third-order valence-electron chi connectivity index (χ3n) is 4.76. The molecule has 0 saturated carbocycles. The van der Waals surface area contributed by atoms with Gasteiger partial charge in [-0.3, -0.25) is 9.59 Å². The molecule has 0 bridgehead atoms. The van der Waals surface area contributed by atoms with Crippen LogP contribution in [0.2, 0.25) is 0 Å². The van der Waals surface area contributed by atoms with Crippen LogP contribution in [-0.2, 0) is 21.4 Å². The summed E-state index contributed by atoms with van der Waals surface area (Å²) < 4.78 is 11.2. The van der Waals surface area contributed by atoms with Gasteiger partial charge in [0.2, 0.25) is 5.91 Å². The van der Waals surface area contributed by atoms with Crippen molar-refractivity contribution in [2.75, 3.05) is 25.1 Å². The van der Waals surface area contributed by atoms with E-state index in [4.69, 9.17) is 9.47 Å². The highest BCUT2D eigenvalue weighted by atomic mass is 16.5. The molecule has 0 saturated heterocycles. The summed E-state index contributed by atoms with van der Waals surface area (Å²) in [6.07, 6.45) is 1.20. The SMILES string of the molecule is CC(C)(C)c1ccc(OCC(=O)NCCOc2ccc3c(c2)CCC(=O)N3)cc1. The van der Waals surface area contributed by atoms with Gasteiger partial charge in [0.05, 0.1) is 6.54 Å². The molecule has 0 unspecified atom stereocenters. The first kappa shape index (κ1) is 20.7. The summed E-state index contributed by atoms with van der Waals surface area (Å²) in [5.74, 6) is 1.25. The molecule has 0 aromatic heterocycles. The minimum Gasteiger partial charge on any atom is -0.492 e. The minimum atomic E-state index is -0.193. The van der Waals surface area contributed by atoms with E-state index in [9.17, 15) is 9.59 Å². The van der Waals surface area contributed by atoms with Crippen LogP contribution in [0.25, 0.3) is 0 Å². The second-order valence-corrected chi connectivity index (χ2v) is 8.13. The van der Waals surface area contributed by atoms with Crippen LogP contribution in [0.15, 0.2) is 42.5 Å². The van der Waals surface area contributed by atoms with E-state index in [0.29, 0.717) is 31.7 Å². The second kappa shape index (κ2) is 8.99. The molecule has 0 aliphatic carbocycles. The van der Waals surface area contributed by atoms with Gasteiger partial charge in [0.1, 0.15) is 18.1 Å². The molecule has 1 aliphatic heterocycles. The standard InChI is InChI=1S/C23H28N2O4/c1-23(2,3)17-5-7-18(8-6-17)29-15-22(27)24-12-13-28-19-9-10-20-16(14-19)4-11-21(26)25-20/h5-10,14H,4,11-13,15H2,1-3H3,(H,24,27)(H,25,26). The zero-order valence-corrected chi connectivity index (χ0v) is 17.2. The van der Waals surface area contributed by atoms with E-state index in [1.165, 1.54) is 5.56 Å². The number of carbonyl (C=O) groups excluding carboxylic acids is 2. The van der Waals surface area contributed by atoms with Crippen LogP contribution in [0.5, 0.6) is 11.5 Å². The highest BCUT2D eigenvalue weighted by molar-refractivity contribution is 5.94. The van der Waals surface area contributed by atoms with Gasteiger partial charge >= 0.3 is 0 Å². The summed E-state index contributed by atoms with van der Waals surface area (Å²) in [4.78, 5) is 23.3. The molecule has 1 aliphatic rings. The maximum atomic E-state index is 11.9. The van der Waals surface area contributed by atoms with Crippen molar-refractivity contribution in [2.24, 2.45) is 0 Å². The Hall–Kier alpha value is -3.02. The quantitative estimate of drug-likeness (QED) is 0.703. The lowest BCUT2D eigenvalue weighted by Crippen LogP contribution is -2.32. The normalized spacial score (nSPS) is 13.3. The van der Waals surface area contributed by atoms with Crippen LogP contribution in [-0.4, -0.2) is 31.6 Å². The first-order valence-electron chi connectivity index (χ1n) is 9.87. The van der Waals surface area contributed by atoms with Gasteiger partial charge in [-0.1, -0.05) is 32.9 Å². The van der Waals surface area contributed by atoms with Gasteiger partial charge in [-0.2, -0.15) is 0 Å². The van der Waals surface area contributed by atoms with Crippen molar-refractivity contribution >= 4 is 17.5 Å². The van der Waals surface area contributed by atoms with Crippen LogP contribution >= 0.6 is 0 Å². The fourth-order valence-electron chi connectivity index (χ4n) is 3.06. The van der Waals surface area contributed by atoms with Gasteiger partial charge in [0.15, 0.2) is 6.61 Å². The molecule has 3 rings (SSSR count). The molecule has 0 fully saturated rings. The Morgan fingerprint density at radius 1 is 1.03 bits per heavy atom.